The van der Waals surface area contributed by atoms with Gasteiger partial charge in [-0.15, -0.1) is 0 Å². The van der Waals surface area contributed by atoms with Gasteiger partial charge in [0, 0.05) is 10.6 Å². The van der Waals surface area contributed by atoms with Crippen molar-refractivity contribution in [3.05, 3.63) is 72.9 Å². The Morgan fingerprint density at radius 2 is 1.48 bits per heavy atom. The molecule has 0 unspecified atom stereocenters. The highest BCUT2D eigenvalue weighted by Gasteiger charge is 2.33. The number of benzene rings is 2. The van der Waals surface area contributed by atoms with E-state index >= 15 is 0 Å². The Hall–Kier alpha value is -2.25. The second-order valence-corrected chi connectivity index (χ2v) is 5.70. The predicted octanol–water partition coefficient (Wildman–Crippen LogP) is 5.62. The number of allylic oxidation sites excluding steroid dienone is 1. The summed E-state index contributed by atoms with van der Waals surface area (Å²) in [5.41, 5.74) is 0.0488. The van der Waals surface area contributed by atoms with Crippen LogP contribution >= 0.6 is 11.9 Å². The lowest BCUT2D eigenvalue weighted by molar-refractivity contribution is -0.0594. The average Bonchev–Trinajstić information content (AvgIpc) is 2.60. The Balaban J connectivity index is 0.000000324. The smallest absolute Gasteiger partial charge is 0.274 e. The number of hydrogen-bond acceptors (Lipinski definition) is 4. The molecule has 134 valence electrons. The second-order valence-electron chi connectivity index (χ2n) is 5.00. The largest absolute Gasteiger partial charge is 0.430 e. The van der Waals surface area contributed by atoms with Crippen molar-refractivity contribution < 1.29 is 13.2 Å². The summed E-state index contributed by atoms with van der Waals surface area (Å²) in [6, 6.07) is 18.4. The molecule has 0 fully saturated rings. The van der Waals surface area contributed by atoms with Gasteiger partial charge >= 0.3 is 6.18 Å². The highest BCUT2D eigenvalue weighted by molar-refractivity contribution is 7.97. The maximum absolute atomic E-state index is 12.4. The molecule has 2 N–H and O–H groups in total. The van der Waals surface area contributed by atoms with E-state index in [1.165, 1.54) is 17.0 Å². The Bertz CT molecular complexity index is 686. The molecule has 0 aromatic heterocycles. The summed E-state index contributed by atoms with van der Waals surface area (Å²) in [5, 5.41) is 9.98. The molecule has 2 aromatic rings. The van der Waals surface area contributed by atoms with Crippen LogP contribution in [0.4, 0.5) is 18.9 Å². The van der Waals surface area contributed by atoms with E-state index in [-0.39, 0.29) is 0 Å². The lowest BCUT2D eigenvalue weighted by atomic mass is 10.3. The number of nitrogens with two attached hydrogens (primary N) is 1. The van der Waals surface area contributed by atoms with Gasteiger partial charge in [0.2, 0.25) is 0 Å². The zero-order valence-electron chi connectivity index (χ0n) is 14.0. The SMILES string of the molecule is C=C(C)N(/N=C(\C)C(F)(F)F)c1ccccc1.NSc1ccccc1. The fourth-order valence-electron chi connectivity index (χ4n) is 1.64. The number of hydrogen-bond donors (Lipinski definition) is 1. The number of rotatable bonds is 4. The molecular weight excluding hydrogens is 347 g/mol. The van der Waals surface area contributed by atoms with Crippen LogP contribution in [0, 0.1) is 0 Å². The van der Waals surface area contributed by atoms with Crippen LogP contribution in [0.5, 0.6) is 0 Å². The van der Waals surface area contributed by atoms with E-state index in [0.29, 0.717) is 11.4 Å². The first-order chi connectivity index (χ1) is 11.8. The van der Waals surface area contributed by atoms with E-state index in [2.05, 4.69) is 11.7 Å². The summed E-state index contributed by atoms with van der Waals surface area (Å²) < 4.78 is 37.2. The number of para-hydroxylation sites is 1. The van der Waals surface area contributed by atoms with Gasteiger partial charge in [0.05, 0.1) is 5.69 Å². The van der Waals surface area contributed by atoms with Gasteiger partial charge in [-0.2, -0.15) is 18.3 Å². The van der Waals surface area contributed by atoms with Gasteiger partial charge in [-0.1, -0.05) is 43.0 Å². The number of anilines is 1. The minimum atomic E-state index is -4.43. The predicted molar refractivity (Wildman–Crippen MR) is 99.4 cm³/mol. The van der Waals surface area contributed by atoms with Crippen molar-refractivity contribution >= 4 is 23.3 Å². The van der Waals surface area contributed by atoms with Crippen molar-refractivity contribution in [2.75, 3.05) is 5.01 Å². The minimum Gasteiger partial charge on any atom is -0.274 e. The van der Waals surface area contributed by atoms with Gasteiger partial charge in [-0.25, -0.2) is 5.01 Å². The molecule has 0 aliphatic rings. The quantitative estimate of drug-likeness (QED) is 0.433. The van der Waals surface area contributed by atoms with E-state index in [9.17, 15) is 13.2 Å². The maximum atomic E-state index is 12.4. The molecule has 0 aliphatic heterocycles. The van der Waals surface area contributed by atoms with Crippen LogP contribution in [0.3, 0.4) is 0 Å². The minimum absolute atomic E-state index is 0.416. The topological polar surface area (TPSA) is 41.6 Å². The van der Waals surface area contributed by atoms with E-state index in [1.807, 2.05) is 30.3 Å². The van der Waals surface area contributed by atoms with Crippen molar-refractivity contribution in [1.82, 2.24) is 0 Å². The van der Waals surface area contributed by atoms with Crippen molar-refractivity contribution in [2.45, 2.75) is 24.9 Å². The van der Waals surface area contributed by atoms with Gasteiger partial charge in [-0.05, 0) is 50.1 Å². The lowest BCUT2D eigenvalue weighted by Crippen LogP contribution is -2.24. The Morgan fingerprint density at radius 3 is 1.84 bits per heavy atom. The summed E-state index contributed by atoms with van der Waals surface area (Å²) in [6.07, 6.45) is -4.43. The number of hydrazone groups is 1. The molecule has 3 nitrogen and oxygen atoms in total. The van der Waals surface area contributed by atoms with Crippen LogP contribution in [0.25, 0.3) is 0 Å². The van der Waals surface area contributed by atoms with Crippen LogP contribution < -0.4 is 10.1 Å². The zero-order valence-corrected chi connectivity index (χ0v) is 14.8. The molecular formula is C18H20F3N3S. The molecule has 0 aliphatic carbocycles. The average molecular weight is 367 g/mol. The summed E-state index contributed by atoms with van der Waals surface area (Å²) >= 11 is 1.27. The third kappa shape index (κ3) is 7.45. The van der Waals surface area contributed by atoms with Crippen molar-refractivity contribution in [3.63, 3.8) is 0 Å². The number of alkyl halides is 3. The van der Waals surface area contributed by atoms with Crippen LogP contribution in [0.15, 0.2) is 82.9 Å². The number of nitrogens with zero attached hydrogens (tertiary/aromatic N) is 2. The Morgan fingerprint density at radius 1 is 1.00 bits per heavy atom. The molecule has 25 heavy (non-hydrogen) atoms. The van der Waals surface area contributed by atoms with E-state index in [4.69, 9.17) is 5.14 Å². The van der Waals surface area contributed by atoms with Crippen LogP contribution in [-0.2, 0) is 0 Å². The van der Waals surface area contributed by atoms with E-state index in [1.54, 1.807) is 37.3 Å². The van der Waals surface area contributed by atoms with Gasteiger partial charge in [0.15, 0.2) is 0 Å². The second kappa shape index (κ2) is 9.90. The molecule has 0 radical (unpaired) electrons. The third-order valence-electron chi connectivity index (χ3n) is 2.90. The third-order valence-corrected chi connectivity index (χ3v) is 3.45. The standard InChI is InChI=1S/C12H13F3N2.C6H7NS/c1-9(2)17(11-7-5-4-6-8-11)16-10(3)12(13,14)15;7-8-6-4-2-1-3-5-6/h4-8H,1H2,2-3H3;1-5H,7H2/b16-10+;. The van der Waals surface area contributed by atoms with Crippen molar-refractivity contribution in [1.29, 1.82) is 0 Å². The molecule has 7 heteroatoms. The highest BCUT2D eigenvalue weighted by Crippen LogP contribution is 2.22. The summed E-state index contributed by atoms with van der Waals surface area (Å²) in [6.45, 7) is 6.15. The normalized spacial score (nSPS) is 11.4. The lowest BCUT2D eigenvalue weighted by Gasteiger charge is -2.20. The Kier molecular flexibility index (Phi) is 8.24. The molecule has 0 saturated heterocycles. The molecule has 0 spiro atoms. The van der Waals surface area contributed by atoms with Crippen molar-refractivity contribution in [2.24, 2.45) is 10.2 Å². The molecule has 2 aromatic carbocycles. The maximum Gasteiger partial charge on any atom is 0.430 e. The molecule has 0 saturated carbocycles. The van der Waals surface area contributed by atoms with E-state index < -0.39 is 11.9 Å². The van der Waals surface area contributed by atoms with Gasteiger partial charge in [0.25, 0.3) is 0 Å². The first-order valence-corrected chi connectivity index (χ1v) is 8.18. The van der Waals surface area contributed by atoms with Crippen LogP contribution in [-0.4, -0.2) is 11.9 Å². The first kappa shape index (κ1) is 20.8. The molecule has 0 bridgehead atoms. The fraction of sp³-hybridized carbons (Fsp3) is 0.167. The van der Waals surface area contributed by atoms with Crippen molar-refractivity contribution in [3.8, 4) is 0 Å². The van der Waals surface area contributed by atoms with Gasteiger partial charge < -0.3 is 0 Å². The van der Waals surface area contributed by atoms with Crippen LogP contribution in [0.2, 0.25) is 0 Å². The molecule has 0 atom stereocenters. The Labute approximate surface area is 150 Å². The molecule has 2 rings (SSSR count). The van der Waals surface area contributed by atoms with Gasteiger partial charge in [-0.3, -0.25) is 5.14 Å². The first-order valence-electron chi connectivity index (χ1n) is 7.30. The number of halogens is 3. The van der Waals surface area contributed by atoms with E-state index in [0.717, 1.165) is 11.8 Å². The highest BCUT2D eigenvalue weighted by atomic mass is 32.2. The zero-order chi connectivity index (χ0) is 18.9. The summed E-state index contributed by atoms with van der Waals surface area (Å²) in [5.74, 6) is 0. The molecule has 0 amide bonds. The van der Waals surface area contributed by atoms with Gasteiger partial charge in [0.1, 0.15) is 5.71 Å². The summed E-state index contributed by atoms with van der Waals surface area (Å²) in [4.78, 5) is 1.10. The molecule has 0 heterocycles. The van der Waals surface area contributed by atoms with Crippen LogP contribution in [0.1, 0.15) is 13.8 Å². The summed E-state index contributed by atoms with van der Waals surface area (Å²) in [7, 11) is 0. The monoisotopic (exact) mass is 367 g/mol. The fourth-order valence-corrected chi connectivity index (χ4v) is 1.95.